The number of rotatable bonds is 2. The monoisotopic (exact) mass is 474 g/mol. The molecule has 10 heteroatoms. The Bertz CT molecular complexity index is 777. The van der Waals surface area contributed by atoms with E-state index < -0.39 is 33.9 Å². The molecule has 0 aliphatic carbocycles. The van der Waals surface area contributed by atoms with Gasteiger partial charge in [0.25, 0.3) is 11.1 Å². The van der Waals surface area contributed by atoms with E-state index in [2.05, 4.69) is 0 Å². The van der Waals surface area contributed by atoms with Gasteiger partial charge >= 0.3 is 0 Å². The van der Waals surface area contributed by atoms with E-state index in [0.717, 1.165) is 17.1 Å². The topological polar surface area (TPSA) is 63.4 Å². The maximum atomic E-state index is 13.5. The first-order chi connectivity index (χ1) is 11.9. The van der Waals surface area contributed by atoms with Gasteiger partial charge in [0, 0.05) is 10.6 Å². The van der Waals surface area contributed by atoms with E-state index in [1.165, 1.54) is 0 Å². The molecule has 28 heavy (non-hydrogen) atoms. The number of nitrogens with two attached hydrogens (primary N) is 1. The molecule has 0 saturated carbocycles. The van der Waals surface area contributed by atoms with Gasteiger partial charge in [0.15, 0.2) is 0 Å². The third kappa shape index (κ3) is 8.29. The molecular formula is C18H20Cl4F2N2O2. The van der Waals surface area contributed by atoms with Crippen LogP contribution in [-0.4, -0.2) is 21.7 Å². The molecule has 0 aliphatic heterocycles. The molecule has 2 aromatic rings. The van der Waals surface area contributed by atoms with Gasteiger partial charge in [-0.3, -0.25) is 14.6 Å². The van der Waals surface area contributed by atoms with Crippen molar-refractivity contribution in [3.05, 3.63) is 70.2 Å². The summed E-state index contributed by atoms with van der Waals surface area (Å²) in [7, 11) is 0. The fourth-order valence-corrected chi connectivity index (χ4v) is 2.06. The van der Waals surface area contributed by atoms with E-state index in [1.54, 1.807) is 45.0 Å². The molecule has 156 valence electrons. The maximum absolute atomic E-state index is 13.5. The zero-order chi connectivity index (χ0) is 20.1. The van der Waals surface area contributed by atoms with Crippen LogP contribution in [0.4, 0.5) is 8.78 Å². The zero-order valence-electron chi connectivity index (χ0n) is 15.2. The van der Waals surface area contributed by atoms with E-state index in [1.807, 2.05) is 6.07 Å². The minimum Gasteiger partial charge on any atom is -0.276 e. The number of nitrogens with zero attached hydrogens (tertiary/aromatic N) is 1. The van der Waals surface area contributed by atoms with E-state index in [4.69, 9.17) is 29.0 Å². The highest BCUT2D eigenvalue weighted by atomic mass is 35.5. The van der Waals surface area contributed by atoms with Crippen LogP contribution in [0.5, 0.6) is 0 Å². The highest BCUT2D eigenvalue weighted by Gasteiger charge is 2.29. The molecule has 2 N–H and O–H groups in total. The lowest BCUT2D eigenvalue weighted by Gasteiger charge is -2.31. The maximum Gasteiger partial charge on any atom is 0.274 e. The second-order valence-corrected chi connectivity index (χ2v) is 7.01. The minimum absolute atomic E-state index is 0. The van der Waals surface area contributed by atoms with Crippen LogP contribution in [0.2, 0.25) is 5.02 Å². The molecule has 0 unspecified atom stereocenters. The third-order valence-electron chi connectivity index (χ3n) is 3.16. The zero-order valence-corrected chi connectivity index (χ0v) is 18.4. The summed E-state index contributed by atoms with van der Waals surface area (Å²) < 4.78 is 27.0. The van der Waals surface area contributed by atoms with Crippen LogP contribution in [0, 0.1) is 11.6 Å². The summed E-state index contributed by atoms with van der Waals surface area (Å²) in [5, 5.41) is 0.258. The fraction of sp³-hybridized carbons (Fsp3) is 0.222. The van der Waals surface area contributed by atoms with E-state index in [0.29, 0.717) is 5.56 Å². The van der Waals surface area contributed by atoms with E-state index in [9.17, 15) is 18.4 Å². The molecule has 0 spiro atoms. The number of carbonyl (C=O) groups excluding carboxylic acids is 2. The Morgan fingerprint density at radius 2 is 1.43 bits per heavy atom. The van der Waals surface area contributed by atoms with Crippen molar-refractivity contribution in [2.45, 2.75) is 26.3 Å². The van der Waals surface area contributed by atoms with Gasteiger partial charge in [-0.1, -0.05) is 41.9 Å². The number of hydrogen-bond donors (Lipinski definition) is 1. The lowest BCUT2D eigenvalue weighted by Crippen LogP contribution is -2.50. The van der Waals surface area contributed by atoms with Gasteiger partial charge in [0.2, 0.25) is 0 Å². The van der Waals surface area contributed by atoms with Gasteiger partial charge in [-0.25, -0.2) is 14.6 Å². The minimum atomic E-state index is -1.03. The lowest BCUT2D eigenvalue weighted by molar-refractivity contribution is 0.0571. The summed E-state index contributed by atoms with van der Waals surface area (Å²) in [6, 6.07) is 10.5. The molecule has 0 bridgehead atoms. The Morgan fingerprint density at radius 1 is 1.00 bits per heavy atom. The normalized spacial score (nSPS) is 9.86. The molecule has 0 saturated heterocycles. The summed E-state index contributed by atoms with van der Waals surface area (Å²) in [5.41, 5.74) is -0.902. The third-order valence-corrected chi connectivity index (χ3v) is 3.60. The number of hydrogen-bond acceptors (Lipinski definition) is 3. The van der Waals surface area contributed by atoms with Crippen molar-refractivity contribution < 1.29 is 18.4 Å². The van der Waals surface area contributed by atoms with Crippen molar-refractivity contribution in [1.82, 2.24) is 5.01 Å². The van der Waals surface area contributed by atoms with Crippen LogP contribution < -0.4 is 5.84 Å². The van der Waals surface area contributed by atoms with Crippen molar-refractivity contribution in [3.8, 4) is 0 Å². The predicted molar refractivity (Wildman–Crippen MR) is 113 cm³/mol. The highest BCUT2D eigenvalue weighted by molar-refractivity contribution is 6.67. The quantitative estimate of drug-likeness (QED) is 0.264. The van der Waals surface area contributed by atoms with Crippen molar-refractivity contribution in [1.29, 1.82) is 0 Å². The van der Waals surface area contributed by atoms with Gasteiger partial charge in [-0.15, -0.1) is 24.8 Å². The summed E-state index contributed by atoms with van der Waals surface area (Å²) in [4.78, 5) is 22.2. The van der Waals surface area contributed by atoms with Gasteiger partial charge < -0.3 is 0 Å². The molecular weight excluding hydrogens is 456 g/mol. The second kappa shape index (κ2) is 12.2. The Balaban J connectivity index is 0. The van der Waals surface area contributed by atoms with Gasteiger partial charge in [0.05, 0.1) is 5.54 Å². The van der Waals surface area contributed by atoms with Crippen LogP contribution in [-0.2, 0) is 0 Å². The molecule has 4 nitrogen and oxygen atoms in total. The van der Waals surface area contributed by atoms with Crippen LogP contribution in [0.15, 0.2) is 42.5 Å². The fourth-order valence-electron chi connectivity index (χ4n) is 1.74. The van der Waals surface area contributed by atoms with Crippen LogP contribution in [0.1, 0.15) is 41.5 Å². The van der Waals surface area contributed by atoms with E-state index in [-0.39, 0.29) is 29.8 Å². The Kier molecular flexibility index (Phi) is 12.5. The molecule has 0 radical (unpaired) electrons. The summed E-state index contributed by atoms with van der Waals surface area (Å²) in [6.45, 7) is 4.95. The lowest BCUT2D eigenvalue weighted by atomic mass is 10.1. The molecule has 0 atom stereocenters. The highest BCUT2D eigenvalue weighted by Crippen LogP contribution is 2.22. The molecule has 2 rings (SSSR count). The summed E-state index contributed by atoms with van der Waals surface area (Å²) >= 11 is 10.6. The SMILES string of the molecule is CC(C)(C)N(N)C(=O)c1c(F)cc(Cl)cc1F.Cl.Cl.O=C(Cl)c1ccccc1. The number of amides is 1. The summed E-state index contributed by atoms with van der Waals surface area (Å²) in [6.07, 6.45) is 0. The van der Waals surface area contributed by atoms with Crippen LogP contribution in [0.25, 0.3) is 0 Å². The van der Waals surface area contributed by atoms with Crippen LogP contribution in [0.3, 0.4) is 0 Å². The molecule has 1 amide bonds. The first-order valence-corrected chi connectivity index (χ1v) is 8.19. The van der Waals surface area contributed by atoms with Crippen molar-refractivity contribution in [2.75, 3.05) is 0 Å². The predicted octanol–water partition coefficient (Wildman–Crippen LogP) is 5.64. The van der Waals surface area contributed by atoms with Crippen molar-refractivity contribution in [3.63, 3.8) is 0 Å². The Labute approximate surface area is 184 Å². The summed E-state index contributed by atoms with van der Waals surface area (Å²) in [5.74, 6) is 2.54. The average Bonchev–Trinajstić information content (AvgIpc) is 2.53. The smallest absolute Gasteiger partial charge is 0.274 e. The Hall–Kier alpha value is -1.44. The molecule has 0 fully saturated rings. The number of hydrazine groups is 1. The first-order valence-electron chi connectivity index (χ1n) is 7.43. The molecule has 2 aromatic carbocycles. The second-order valence-electron chi connectivity index (χ2n) is 6.23. The van der Waals surface area contributed by atoms with E-state index >= 15 is 0 Å². The number of halogens is 6. The molecule has 0 heterocycles. The first kappa shape index (κ1) is 28.8. The van der Waals surface area contributed by atoms with Crippen molar-refractivity contribution in [2.24, 2.45) is 5.84 Å². The standard InChI is InChI=1S/C11H13ClF2N2O.C7H5ClO.2ClH/c1-11(2,3)16(15)10(17)9-7(13)4-6(12)5-8(9)14;8-7(9)6-4-2-1-3-5-6;;/h4-5H,15H2,1-3H3;1-5H;2*1H. The van der Waals surface area contributed by atoms with Crippen molar-refractivity contribution >= 4 is 59.2 Å². The van der Waals surface area contributed by atoms with Gasteiger partial charge in [-0.2, -0.15) is 0 Å². The average molecular weight is 476 g/mol. The largest absolute Gasteiger partial charge is 0.276 e. The molecule has 0 aliphatic rings. The number of carbonyl (C=O) groups is 2. The number of benzene rings is 2. The van der Waals surface area contributed by atoms with Gasteiger partial charge in [0.1, 0.15) is 17.2 Å². The molecule has 0 aromatic heterocycles. The van der Waals surface area contributed by atoms with Gasteiger partial charge in [-0.05, 0) is 44.5 Å². The Morgan fingerprint density at radius 3 is 1.75 bits per heavy atom. The van der Waals surface area contributed by atoms with Crippen LogP contribution >= 0.6 is 48.0 Å².